The van der Waals surface area contributed by atoms with Crippen molar-refractivity contribution >= 4 is 36.8 Å². The number of Topliss-reactive ketones (excluding diaryl/α,β-unsaturated/α-hetero) is 1. The number of ketones is 1. The van der Waals surface area contributed by atoms with E-state index in [4.69, 9.17) is 11.6 Å². The Morgan fingerprint density at radius 3 is 2.11 bits per heavy atom. The summed E-state index contributed by atoms with van der Waals surface area (Å²) in [6, 6.07) is 7.84. The summed E-state index contributed by atoms with van der Waals surface area (Å²) in [4.78, 5) is 41.4. The minimum absolute atomic E-state index is 0. The Balaban J connectivity index is 0.00000675. The molecule has 240 valence electrons. The van der Waals surface area contributed by atoms with Gasteiger partial charge in [-0.3, -0.25) is 14.4 Å². The van der Waals surface area contributed by atoms with Crippen molar-refractivity contribution in [2.75, 3.05) is 20.6 Å². The van der Waals surface area contributed by atoms with Gasteiger partial charge in [-0.2, -0.15) is 13.5 Å². The van der Waals surface area contributed by atoms with E-state index in [1.54, 1.807) is 31.3 Å². The van der Waals surface area contributed by atoms with Crippen LogP contribution in [-0.4, -0.2) is 47.0 Å². The summed E-state index contributed by atoms with van der Waals surface area (Å²) in [5, 5.41) is 10.4. The maximum Gasteiger partial charge on any atom is 0.303 e. The summed E-state index contributed by atoms with van der Waals surface area (Å²) in [5.74, 6) is -2.77. The normalized spacial score (nSPS) is 12.7. The second-order valence-corrected chi connectivity index (χ2v) is 12.9. The zero-order chi connectivity index (χ0) is 32.2. The van der Waals surface area contributed by atoms with Crippen molar-refractivity contribution in [2.45, 2.75) is 79.2 Å². The van der Waals surface area contributed by atoms with Gasteiger partial charge in [-0.25, -0.2) is 4.39 Å². The van der Waals surface area contributed by atoms with Gasteiger partial charge in [0.25, 0.3) is 5.56 Å². The van der Waals surface area contributed by atoms with Crippen LogP contribution in [0.1, 0.15) is 78.5 Å². The zero-order valence-corrected chi connectivity index (χ0v) is 28.8. The molecule has 0 amide bonds. The highest BCUT2D eigenvalue weighted by Gasteiger charge is 2.30. The number of halogens is 2. The van der Waals surface area contributed by atoms with Gasteiger partial charge in [0.2, 0.25) is 0 Å². The molecule has 1 aromatic heterocycles. The Morgan fingerprint density at radius 2 is 1.57 bits per heavy atom. The van der Waals surface area contributed by atoms with E-state index in [-0.39, 0.29) is 42.7 Å². The number of rotatable bonds is 13. The summed E-state index contributed by atoms with van der Waals surface area (Å²) in [6.45, 7) is 12.1. The number of carboxylic acids is 1. The molecule has 0 spiro atoms. The van der Waals surface area contributed by atoms with Crippen molar-refractivity contribution in [1.82, 2.24) is 9.47 Å². The number of aliphatic carboxylic acids is 1. The third-order valence-corrected chi connectivity index (χ3v) is 8.22. The molecule has 3 rings (SSSR count). The second kappa shape index (κ2) is 15.9. The van der Waals surface area contributed by atoms with Crippen LogP contribution in [0.25, 0.3) is 11.1 Å². The monoisotopic (exact) mass is 644 g/mol. The third kappa shape index (κ3) is 9.29. The van der Waals surface area contributed by atoms with E-state index < -0.39 is 30.2 Å². The van der Waals surface area contributed by atoms with E-state index in [2.05, 4.69) is 4.90 Å². The molecule has 2 atom stereocenters. The number of nitrogens with zero attached hydrogens (tertiary/aromatic N) is 2. The standard InChI is InChI=1S/C35H44ClFN2O4.H2S/c1-20(2)11-30(39-19-25(9-10-38(7)8)21(3)15-32(39)41)31(40)17-26(18-33(42)43)29-16-27(12-24(6)35(29)37)34-22(4)13-28(36)14-23(34)5;/h12-16,19-20,26,30H,9-11,17-18H2,1-8H3,(H,42,43);1H2/t26-,30?;/m0./s1. The van der Waals surface area contributed by atoms with Gasteiger partial charge in [-0.15, -0.1) is 0 Å². The fraction of sp³-hybridized carbons (Fsp3) is 0.457. The maximum absolute atomic E-state index is 15.8. The van der Waals surface area contributed by atoms with Crippen LogP contribution in [0.5, 0.6) is 0 Å². The lowest BCUT2D eigenvalue weighted by Gasteiger charge is -2.25. The molecule has 0 aliphatic heterocycles. The van der Waals surface area contributed by atoms with Gasteiger partial charge in [0.15, 0.2) is 5.78 Å². The van der Waals surface area contributed by atoms with Gasteiger partial charge in [-0.05, 0) is 129 Å². The average molecular weight is 645 g/mol. The van der Waals surface area contributed by atoms with Crippen LogP contribution in [0, 0.1) is 39.4 Å². The van der Waals surface area contributed by atoms with Crippen molar-refractivity contribution < 1.29 is 19.1 Å². The van der Waals surface area contributed by atoms with Crippen LogP contribution in [-0.2, 0) is 16.0 Å². The summed E-state index contributed by atoms with van der Waals surface area (Å²) in [7, 11) is 3.95. The number of carbonyl (C=O) groups excluding carboxylic acids is 1. The van der Waals surface area contributed by atoms with Gasteiger partial charge in [-0.1, -0.05) is 25.4 Å². The number of hydrogen-bond acceptors (Lipinski definition) is 4. The smallest absolute Gasteiger partial charge is 0.303 e. The predicted molar refractivity (Wildman–Crippen MR) is 182 cm³/mol. The molecule has 0 radical (unpaired) electrons. The lowest BCUT2D eigenvalue weighted by atomic mass is 9.84. The molecular weight excluding hydrogens is 599 g/mol. The highest BCUT2D eigenvalue weighted by molar-refractivity contribution is 7.59. The van der Waals surface area contributed by atoms with E-state index in [1.807, 2.05) is 60.8 Å². The van der Waals surface area contributed by atoms with Crippen LogP contribution in [0.4, 0.5) is 4.39 Å². The minimum atomic E-state index is -1.13. The molecule has 1 unspecified atom stereocenters. The molecule has 44 heavy (non-hydrogen) atoms. The quantitative estimate of drug-likeness (QED) is 0.208. The first-order valence-corrected chi connectivity index (χ1v) is 15.1. The summed E-state index contributed by atoms with van der Waals surface area (Å²) >= 11 is 6.25. The number of pyridine rings is 1. The Labute approximate surface area is 272 Å². The highest BCUT2D eigenvalue weighted by Crippen LogP contribution is 2.37. The van der Waals surface area contributed by atoms with Gasteiger partial charge >= 0.3 is 5.97 Å². The number of carbonyl (C=O) groups is 2. The summed E-state index contributed by atoms with van der Waals surface area (Å²) < 4.78 is 17.3. The molecule has 0 aliphatic carbocycles. The van der Waals surface area contributed by atoms with E-state index in [1.165, 1.54) is 4.57 Å². The van der Waals surface area contributed by atoms with Crippen molar-refractivity contribution in [2.24, 2.45) is 5.92 Å². The van der Waals surface area contributed by atoms with Gasteiger partial charge < -0.3 is 14.6 Å². The van der Waals surface area contributed by atoms with E-state index >= 15 is 4.39 Å². The molecule has 9 heteroatoms. The first kappa shape index (κ1) is 37.2. The second-order valence-electron chi connectivity index (χ2n) is 12.5. The molecule has 1 heterocycles. The fourth-order valence-corrected chi connectivity index (χ4v) is 6.20. The molecule has 0 saturated heterocycles. The zero-order valence-electron chi connectivity index (χ0n) is 27.1. The largest absolute Gasteiger partial charge is 0.481 e. The summed E-state index contributed by atoms with van der Waals surface area (Å²) in [5.41, 5.74) is 5.56. The van der Waals surface area contributed by atoms with Gasteiger partial charge in [0.05, 0.1) is 12.5 Å². The molecule has 6 nitrogen and oxygen atoms in total. The molecule has 0 aliphatic rings. The Morgan fingerprint density at radius 1 is 0.955 bits per heavy atom. The molecule has 0 fully saturated rings. The molecule has 2 aromatic carbocycles. The number of carboxylic acid groups (broad SMARTS) is 1. The Kier molecular flexibility index (Phi) is 13.4. The fourth-order valence-electron chi connectivity index (χ4n) is 5.87. The lowest BCUT2D eigenvalue weighted by molar-refractivity contribution is -0.137. The predicted octanol–water partition coefficient (Wildman–Crippen LogP) is 7.56. The van der Waals surface area contributed by atoms with Crippen LogP contribution in [0.3, 0.4) is 0 Å². The molecular formula is C35H46ClFN2O4S. The molecule has 3 aromatic rings. The number of likely N-dealkylation sites (N-methyl/N-ethyl adjacent to an activating group) is 1. The van der Waals surface area contributed by atoms with Gasteiger partial charge in [0.1, 0.15) is 5.82 Å². The van der Waals surface area contributed by atoms with Crippen molar-refractivity contribution in [3.63, 3.8) is 0 Å². The topological polar surface area (TPSA) is 79.6 Å². The van der Waals surface area contributed by atoms with Crippen molar-refractivity contribution in [3.8, 4) is 11.1 Å². The van der Waals surface area contributed by atoms with Crippen molar-refractivity contribution in [3.05, 3.63) is 91.1 Å². The number of hydrogen-bond donors (Lipinski definition) is 1. The van der Waals surface area contributed by atoms with E-state index in [0.717, 1.165) is 39.9 Å². The Hall–Kier alpha value is -2.94. The Bertz CT molecular complexity index is 1540. The minimum Gasteiger partial charge on any atom is -0.481 e. The van der Waals surface area contributed by atoms with Crippen LogP contribution < -0.4 is 5.56 Å². The van der Waals surface area contributed by atoms with Crippen LogP contribution in [0.2, 0.25) is 5.02 Å². The molecule has 0 saturated carbocycles. The number of aromatic nitrogens is 1. The molecule has 0 bridgehead atoms. The van der Waals surface area contributed by atoms with Crippen LogP contribution in [0.15, 0.2) is 41.3 Å². The van der Waals surface area contributed by atoms with E-state index in [9.17, 15) is 19.5 Å². The lowest BCUT2D eigenvalue weighted by Crippen LogP contribution is -2.32. The SMILES string of the molecule is Cc1cc(=O)n(C(CC(C)C)C(=O)C[C@@H](CC(=O)O)c2cc(-c3c(C)cc(Cl)cc3C)cc(C)c2F)cc1CCN(C)C.S. The summed E-state index contributed by atoms with van der Waals surface area (Å²) in [6.07, 6.45) is 2.25. The number of benzene rings is 2. The first-order valence-electron chi connectivity index (χ1n) is 14.8. The first-order chi connectivity index (χ1) is 20.1. The molecule has 1 N–H and O–H groups in total. The highest BCUT2D eigenvalue weighted by atomic mass is 35.5. The maximum atomic E-state index is 15.8. The van der Waals surface area contributed by atoms with E-state index in [0.29, 0.717) is 23.4 Å². The van der Waals surface area contributed by atoms with Crippen LogP contribution >= 0.6 is 25.1 Å². The van der Waals surface area contributed by atoms with Crippen molar-refractivity contribution in [1.29, 1.82) is 0 Å². The average Bonchev–Trinajstić information content (AvgIpc) is 2.87. The van der Waals surface area contributed by atoms with Gasteiger partial charge in [0, 0.05) is 36.2 Å². The number of aryl methyl sites for hydroxylation is 4. The third-order valence-electron chi connectivity index (χ3n) is 8.00.